The third-order valence-corrected chi connectivity index (χ3v) is 2.59. The minimum Gasteiger partial charge on any atom is -0.397 e. The molecule has 4 heteroatoms. The molecule has 18 heavy (non-hydrogen) atoms. The van der Waals surface area contributed by atoms with Crippen LogP contribution in [-0.2, 0) is 6.54 Å². The molecule has 98 valence electrons. The predicted molar refractivity (Wildman–Crippen MR) is 75.4 cm³/mol. The number of carbonyl (C=O) groups excluding carboxylic acids is 1. The lowest BCUT2D eigenvalue weighted by molar-refractivity contribution is 0.0780. The van der Waals surface area contributed by atoms with E-state index in [-0.39, 0.29) is 5.91 Å². The zero-order chi connectivity index (χ0) is 13.5. The van der Waals surface area contributed by atoms with E-state index >= 15 is 0 Å². The summed E-state index contributed by atoms with van der Waals surface area (Å²) in [5, 5.41) is 0. The first-order valence-corrected chi connectivity index (χ1v) is 6.10. The third kappa shape index (κ3) is 3.26. The van der Waals surface area contributed by atoms with Crippen LogP contribution < -0.4 is 5.73 Å². The fourth-order valence-electron chi connectivity index (χ4n) is 1.85. The van der Waals surface area contributed by atoms with Crippen molar-refractivity contribution in [3.05, 3.63) is 43.3 Å². The summed E-state index contributed by atoms with van der Waals surface area (Å²) in [7, 11) is 0. The standard InChI is InChI=1S/C14H21N3O/c1-4-7-16(8-5-2)14(18)13-10-12(15)11-17(13)9-6-3/h4-5,10-11H,1-2,6-9,15H2,3H3. The van der Waals surface area contributed by atoms with Crippen molar-refractivity contribution in [2.24, 2.45) is 0 Å². The molecule has 0 fully saturated rings. The van der Waals surface area contributed by atoms with Gasteiger partial charge in [0.15, 0.2) is 0 Å². The molecule has 0 aliphatic rings. The zero-order valence-electron chi connectivity index (χ0n) is 10.9. The van der Waals surface area contributed by atoms with Gasteiger partial charge in [-0.3, -0.25) is 4.79 Å². The van der Waals surface area contributed by atoms with Crippen LogP contribution in [0.15, 0.2) is 37.6 Å². The molecule has 2 N–H and O–H groups in total. The molecular weight excluding hydrogens is 226 g/mol. The second kappa shape index (κ2) is 6.69. The molecule has 1 aromatic heterocycles. The first-order valence-electron chi connectivity index (χ1n) is 6.10. The van der Waals surface area contributed by atoms with Gasteiger partial charge in [0.2, 0.25) is 0 Å². The summed E-state index contributed by atoms with van der Waals surface area (Å²) in [4.78, 5) is 14.1. The molecule has 0 saturated heterocycles. The Bertz CT molecular complexity index is 424. The maximum absolute atomic E-state index is 12.4. The van der Waals surface area contributed by atoms with E-state index < -0.39 is 0 Å². The topological polar surface area (TPSA) is 51.3 Å². The maximum Gasteiger partial charge on any atom is 0.271 e. The molecule has 1 heterocycles. The Kier molecular flexibility index (Phi) is 5.24. The lowest BCUT2D eigenvalue weighted by Gasteiger charge is -2.20. The van der Waals surface area contributed by atoms with Gasteiger partial charge in [0, 0.05) is 25.8 Å². The Labute approximate surface area is 108 Å². The van der Waals surface area contributed by atoms with E-state index in [1.165, 1.54) is 0 Å². The molecule has 0 aliphatic heterocycles. The van der Waals surface area contributed by atoms with Gasteiger partial charge >= 0.3 is 0 Å². The van der Waals surface area contributed by atoms with E-state index in [4.69, 9.17) is 5.73 Å². The molecule has 0 aliphatic carbocycles. The summed E-state index contributed by atoms with van der Waals surface area (Å²) in [6, 6.07) is 1.72. The van der Waals surface area contributed by atoms with Crippen LogP contribution in [0.4, 0.5) is 5.69 Å². The van der Waals surface area contributed by atoms with Crippen molar-refractivity contribution >= 4 is 11.6 Å². The van der Waals surface area contributed by atoms with Crippen LogP contribution in [0, 0.1) is 0 Å². The summed E-state index contributed by atoms with van der Waals surface area (Å²) < 4.78 is 1.90. The fraction of sp³-hybridized carbons (Fsp3) is 0.357. The summed E-state index contributed by atoms with van der Waals surface area (Å²) >= 11 is 0. The normalized spacial score (nSPS) is 10.1. The average molecular weight is 247 g/mol. The van der Waals surface area contributed by atoms with Crippen LogP contribution in [0.2, 0.25) is 0 Å². The van der Waals surface area contributed by atoms with E-state index in [0.29, 0.717) is 24.5 Å². The van der Waals surface area contributed by atoms with E-state index in [1.807, 2.05) is 4.57 Å². The number of hydrogen-bond acceptors (Lipinski definition) is 2. The quantitative estimate of drug-likeness (QED) is 0.752. The molecule has 0 saturated carbocycles. The number of nitrogens with two attached hydrogens (primary N) is 1. The van der Waals surface area contributed by atoms with Gasteiger partial charge in [-0.15, -0.1) is 13.2 Å². The van der Waals surface area contributed by atoms with Crippen LogP contribution >= 0.6 is 0 Å². The first-order chi connectivity index (χ1) is 8.63. The number of hydrogen-bond donors (Lipinski definition) is 1. The van der Waals surface area contributed by atoms with Crippen molar-refractivity contribution in [2.75, 3.05) is 18.8 Å². The zero-order valence-corrected chi connectivity index (χ0v) is 10.9. The van der Waals surface area contributed by atoms with Crippen LogP contribution in [0.3, 0.4) is 0 Å². The summed E-state index contributed by atoms with van der Waals surface area (Å²) in [5.74, 6) is -0.0417. The van der Waals surface area contributed by atoms with Crippen LogP contribution in [0.1, 0.15) is 23.8 Å². The van der Waals surface area contributed by atoms with E-state index in [9.17, 15) is 4.79 Å². The van der Waals surface area contributed by atoms with E-state index in [1.54, 1.807) is 29.3 Å². The van der Waals surface area contributed by atoms with Crippen LogP contribution in [-0.4, -0.2) is 28.5 Å². The third-order valence-electron chi connectivity index (χ3n) is 2.59. The smallest absolute Gasteiger partial charge is 0.271 e. The molecule has 0 unspecified atom stereocenters. The van der Waals surface area contributed by atoms with Gasteiger partial charge in [-0.1, -0.05) is 19.1 Å². The SMILES string of the molecule is C=CCN(CC=C)C(=O)c1cc(N)cn1CCC. The minimum absolute atomic E-state index is 0.0417. The predicted octanol–water partition coefficient (Wildman–Crippen LogP) is 2.29. The molecule has 4 nitrogen and oxygen atoms in total. The summed E-state index contributed by atoms with van der Waals surface area (Å²) in [5.41, 5.74) is 7.00. The molecule has 0 aromatic carbocycles. The molecule has 0 atom stereocenters. The highest BCUT2D eigenvalue weighted by Gasteiger charge is 2.17. The molecule has 0 bridgehead atoms. The van der Waals surface area contributed by atoms with Crippen molar-refractivity contribution in [1.29, 1.82) is 0 Å². The number of carbonyl (C=O) groups is 1. The second-order valence-electron chi connectivity index (χ2n) is 4.14. The number of aryl methyl sites for hydroxylation is 1. The van der Waals surface area contributed by atoms with Gasteiger partial charge in [-0.05, 0) is 12.5 Å². The number of amides is 1. The van der Waals surface area contributed by atoms with Crippen molar-refractivity contribution in [3.8, 4) is 0 Å². The molecular formula is C14H21N3O. The largest absolute Gasteiger partial charge is 0.397 e. The van der Waals surface area contributed by atoms with Gasteiger partial charge in [-0.2, -0.15) is 0 Å². The Hall–Kier alpha value is -1.97. The molecule has 1 amide bonds. The Morgan fingerprint density at radius 1 is 1.44 bits per heavy atom. The number of rotatable bonds is 7. The fourth-order valence-corrected chi connectivity index (χ4v) is 1.85. The highest BCUT2D eigenvalue weighted by atomic mass is 16.2. The second-order valence-corrected chi connectivity index (χ2v) is 4.14. The first kappa shape index (κ1) is 14.1. The van der Waals surface area contributed by atoms with Crippen molar-refractivity contribution < 1.29 is 4.79 Å². The number of nitrogen functional groups attached to an aromatic ring is 1. The average Bonchev–Trinajstić information content (AvgIpc) is 2.70. The monoisotopic (exact) mass is 247 g/mol. The molecule has 0 radical (unpaired) electrons. The highest BCUT2D eigenvalue weighted by Crippen LogP contribution is 2.14. The number of anilines is 1. The number of aromatic nitrogens is 1. The minimum atomic E-state index is -0.0417. The molecule has 1 aromatic rings. The lowest BCUT2D eigenvalue weighted by atomic mass is 10.3. The summed E-state index contributed by atoms with van der Waals surface area (Å²) in [6.45, 7) is 11.2. The molecule has 0 spiro atoms. The van der Waals surface area contributed by atoms with Gasteiger partial charge in [0.25, 0.3) is 5.91 Å². The van der Waals surface area contributed by atoms with E-state index in [2.05, 4.69) is 20.1 Å². The van der Waals surface area contributed by atoms with Crippen LogP contribution in [0.5, 0.6) is 0 Å². The lowest BCUT2D eigenvalue weighted by Crippen LogP contribution is -2.32. The van der Waals surface area contributed by atoms with Gasteiger partial charge in [0.05, 0.1) is 5.69 Å². The summed E-state index contributed by atoms with van der Waals surface area (Å²) in [6.07, 6.45) is 6.17. The Balaban J connectivity index is 2.98. The van der Waals surface area contributed by atoms with Crippen molar-refractivity contribution in [2.45, 2.75) is 19.9 Å². The van der Waals surface area contributed by atoms with Gasteiger partial charge < -0.3 is 15.2 Å². The molecule has 1 rings (SSSR count). The Morgan fingerprint density at radius 2 is 2.06 bits per heavy atom. The number of nitrogens with zero attached hydrogens (tertiary/aromatic N) is 2. The van der Waals surface area contributed by atoms with Crippen molar-refractivity contribution in [1.82, 2.24) is 9.47 Å². The van der Waals surface area contributed by atoms with E-state index in [0.717, 1.165) is 13.0 Å². The Morgan fingerprint density at radius 3 is 2.56 bits per heavy atom. The van der Waals surface area contributed by atoms with Crippen LogP contribution in [0.25, 0.3) is 0 Å². The highest BCUT2D eigenvalue weighted by molar-refractivity contribution is 5.94. The van der Waals surface area contributed by atoms with Gasteiger partial charge in [-0.25, -0.2) is 0 Å². The van der Waals surface area contributed by atoms with Gasteiger partial charge in [0.1, 0.15) is 5.69 Å². The van der Waals surface area contributed by atoms with Crippen molar-refractivity contribution in [3.63, 3.8) is 0 Å². The maximum atomic E-state index is 12.4.